The van der Waals surface area contributed by atoms with Gasteiger partial charge >= 0.3 is 5.97 Å². The van der Waals surface area contributed by atoms with Crippen LogP contribution in [0.1, 0.15) is 22.8 Å². The van der Waals surface area contributed by atoms with Crippen LogP contribution >= 0.6 is 15.9 Å². The van der Waals surface area contributed by atoms with Crippen LogP contribution < -0.4 is 0 Å². The molecule has 0 atom stereocenters. The number of carbonyl (C=O) groups is 1. The molecule has 0 amide bonds. The molecule has 0 aromatic heterocycles. The standard InChI is InChI=1S/C10H11BrO3/c1-3-7-8(10(13)14-2)4-6(12)5-9(7)11/h4-5,12H,3H2,1-2H3. The molecule has 0 radical (unpaired) electrons. The van der Waals surface area contributed by atoms with Crippen molar-refractivity contribution in [3.05, 3.63) is 27.7 Å². The highest BCUT2D eigenvalue weighted by Crippen LogP contribution is 2.27. The molecule has 76 valence electrons. The first-order chi connectivity index (χ1) is 6.60. The van der Waals surface area contributed by atoms with Crippen molar-refractivity contribution in [2.75, 3.05) is 7.11 Å². The quantitative estimate of drug-likeness (QED) is 0.830. The Hall–Kier alpha value is -1.03. The third-order valence-corrected chi connectivity index (χ3v) is 2.65. The highest BCUT2D eigenvalue weighted by atomic mass is 79.9. The summed E-state index contributed by atoms with van der Waals surface area (Å²) in [7, 11) is 1.32. The third-order valence-electron chi connectivity index (χ3n) is 1.94. The second kappa shape index (κ2) is 4.46. The number of hydrogen-bond acceptors (Lipinski definition) is 3. The van der Waals surface area contributed by atoms with Crippen LogP contribution in [-0.2, 0) is 11.2 Å². The van der Waals surface area contributed by atoms with E-state index in [0.717, 1.165) is 10.0 Å². The van der Waals surface area contributed by atoms with Gasteiger partial charge in [-0.3, -0.25) is 0 Å². The molecule has 1 rings (SSSR count). The van der Waals surface area contributed by atoms with E-state index >= 15 is 0 Å². The Morgan fingerprint density at radius 3 is 2.71 bits per heavy atom. The number of rotatable bonds is 2. The SMILES string of the molecule is CCc1c(Br)cc(O)cc1C(=O)OC. The topological polar surface area (TPSA) is 46.5 Å². The minimum atomic E-state index is -0.432. The fraction of sp³-hybridized carbons (Fsp3) is 0.300. The largest absolute Gasteiger partial charge is 0.508 e. The van der Waals surface area contributed by atoms with E-state index in [0.29, 0.717) is 12.0 Å². The van der Waals surface area contributed by atoms with Crippen molar-refractivity contribution in [1.29, 1.82) is 0 Å². The molecular weight excluding hydrogens is 248 g/mol. The van der Waals surface area contributed by atoms with Crippen LogP contribution in [0.3, 0.4) is 0 Å². The van der Waals surface area contributed by atoms with E-state index in [1.807, 2.05) is 6.92 Å². The summed E-state index contributed by atoms with van der Waals surface area (Å²) < 4.78 is 5.34. The van der Waals surface area contributed by atoms with Crippen LogP contribution in [0.15, 0.2) is 16.6 Å². The molecule has 0 bridgehead atoms. The van der Waals surface area contributed by atoms with Crippen molar-refractivity contribution in [2.24, 2.45) is 0 Å². The van der Waals surface area contributed by atoms with Gasteiger partial charge in [-0.2, -0.15) is 0 Å². The molecule has 3 nitrogen and oxygen atoms in total. The van der Waals surface area contributed by atoms with Gasteiger partial charge in [-0.1, -0.05) is 22.9 Å². The minimum absolute atomic E-state index is 0.0504. The number of methoxy groups -OCH3 is 1. The van der Waals surface area contributed by atoms with E-state index in [-0.39, 0.29) is 5.75 Å². The Labute approximate surface area is 90.8 Å². The van der Waals surface area contributed by atoms with Crippen LogP contribution in [-0.4, -0.2) is 18.2 Å². The van der Waals surface area contributed by atoms with Crippen molar-refractivity contribution in [2.45, 2.75) is 13.3 Å². The Balaban J connectivity index is 3.32. The zero-order chi connectivity index (χ0) is 10.7. The number of benzene rings is 1. The smallest absolute Gasteiger partial charge is 0.338 e. The molecule has 0 saturated carbocycles. The summed E-state index contributed by atoms with van der Waals surface area (Å²) in [5.74, 6) is -0.382. The zero-order valence-electron chi connectivity index (χ0n) is 8.00. The van der Waals surface area contributed by atoms with E-state index in [1.54, 1.807) is 6.07 Å². The predicted octanol–water partition coefficient (Wildman–Crippen LogP) is 2.50. The van der Waals surface area contributed by atoms with Gasteiger partial charge in [-0.05, 0) is 24.1 Å². The molecule has 0 aliphatic carbocycles. The number of esters is 1. The van der Waals surface area contributed by atoms with E-state index in [2.05, 4.69) is 20.7 Å². The van der Waals surface area contributed by atoms with E-state index < -0.39 is 5.97 Å². The van der Waals surface area contributed by atoms with Crippen LogP contribution in [0.25, 0.3) is 0 Å². The molecule has 4 heteroatoms. The fourth-order valence-corrected chi connectivity index (χ4v) is 2.00. The summed E-state index contributed by atoms with van der Waals surface area (Å²) in [5, 5.41) is 9.32. The number of aromatic hydroxyl groups is 1. The molecule has 14 heavy (non-hydrogen) atoms. The lowest BCUT2D eigenvalue weighted by Crippen LogP contribution is -2.05. The Morgan fingerprint density at radius 2 is 2.21 bits per heavy atom. The lowest BCUT2D eigenvalue weighted by molar-refractivity contribution is 0.0599. The van der Waals surface area contributed by atoms with Gasteiger partial charge < -0.3 is 9.84 Å². The summed E-state index contributed by atoms with van der Waals surface area (Å²) in [4.78, 5) is 11.3. The van der Waals surface area contributed by atoms with Crippen molar-refractivity contribution < 1.29 is 14.6 Å². The number of phenolic OH excluding ortho intramolecular Hbond substituents is 1. The Bertz CT molecular complexity index is 361. The van der Waals surface area contributed by atoms with Gasteiger partial charge in [0, 0.05) is 4.47 Å². The molecule has 0 fully saturated rings. The maximum absolute atomic E-state index is 11.3. The summed E-state index contributed by atoms with van der Waals surface area (Å²) >= 11 is 3.29. The van der Waals surface area contributed by atoms with Gasteiger partial charge in [0.25, 0.3) is 0 Å². The first-order valence-corrected chi connectivity index (χ1v) is 4.99. The normalized spacial score (nSPS) is 9.93. The van der Waals surface area contributed by atoms with E-state index in [4.69, 9.17) is 0 Å². The van der Waals surface area contributed by atoms with Gasteiger partial charge in [0.05, 0.1) is 12.7 Å². The minimum Gasteiger partial charge on any atom is -0.508 e. The van der Waals surface area contributed by atoms with Crippen molar-refractivity contribution in [1.82, 2.24) is 0 Å². The molecule has 1 aromatic rings. The fourth-order valence-electron chi connectivity index (χ4n) is 1.27. The number of phenols is 1. The lowest BCUT2D eigenvalue weighted by atomic mass is 10.1. The number of hydrogen-bond donors (Lipinski definition) is 1. The summed E-state index contributed by atoms with van der Waals surface area (Å²) in [5.41, 5.74) is 1.25. The predicted molar refractivity (Wildman–Crippen MR) is 56.5 cm³/mol. The van der Waals surface area contributed by atoms with Crippen molar-refractivity contribution in [3.63, 3.8) is 0 Å². The molecule has 0 aliphatic heterocycles. The van der Waals surface area contributed by atoms with Crippen LogP contribution in [0.5, 0.6) is 5.75 Å². The Morgan fingerprint density at radius 1 is 1.57 bits per heavy atom. The molecule has 1 aromatic carbocycles. The molecule has 0 unspecified atom stereocenters. The van der Waals surface area contributed by atoms with Gasteiger partial charge in [-0.15, -0.1) is 0 Å². The first kappa shape index (κ1) is 11.0. The van der Waals surface area contributed by atoms with Crippen LogP contribution in [0, 0.1) is 0 Å². The average molecular weight is 259 g/mol. The van der Waals surface area contributed by atoms with Crippen molar-refractivity contribution >= 4 is 21.9 Å². The summed E-state index contributed by atoms with van der Waals surface area (Å²) in [6, 6.07) is 2.97. The van der Waals surface area contributed by atoms with Crippen molar-refractivity contribution in [3.8, 4) is 5.75 Å². The maximum atomic E-state index is 11.3. The number of ether oxygens (including phenoxy) is 1. The van der Waals surface area contributed by atoms with Gasteiger partial charge in [0.2, 0.25) is 0 Å². The lowest BCUT2D eigenvalue weighted by Gasteiger charge is -2.08. The van der Waals surface area contributed by atoms with Gasteiger partial charge in [0.1, 0.15) is 5.75 Å². The Kier molecular flexibility index (Phi) is 3.52. The molecule has 0 heterocycles. The van der Waals surface area contributed by atoms with E-state index in [9.17, 15) is 9.90 Å². The molecule has 1 N–H and O–H groups in total. The molecule has 0 aliphatic rings. The molecular formula is C10H11BrO3. The second-order valence-corrected chi connectivity index (χ2v) is 3.65. The molecule has 0 spiro atoms. The molecule has 0 saturated heterocycles. The van der Waals surface area contributed by atoms with Gasteiger partial charge in [-0.25, -0.2) is 4.79 Å². The number of halogens is 1. The third kappa shape index (κ3) is 2.07. The highest BCUT2D eigenvalue weighted by Gasteiger charge is 2.14. The van der Waals surface area contributed by atoms with Gasteiger partial charge in [0.15, 0.2) is 0 Å². The number of carbonyl (C=O) groups excluding carboxylic acids is 1. The summed E-state index contributed by atoms with van der Waals surface area (Å²) in [6.45, 7) is 1.93. The zero-order valence-corrected chi connectivity index (χ0v) is 9.59. The van der Waals surface area contributed by atoms with Crippen LogP contribution in [0.2, 0.25) is 0 Å². The maximum Gasteiger partial charge on any atom is 0.338 e. The summed E-state index contributed by atoms with van der Waals surface area (Å²) in [6.07, 6.45) is 0.700. The second-order valence-electron chi connectivity index (χ2n) is 2.80. The van der Waals surface area contributed by atoms with E-state index in [1.165, 1.54) is 13.2 Å². The highest BCUT2D eigenvalue weighted by molar-refractivity contribution is 9.10. The first-order valence-electron chi connectivity index (χ1n) is 4.19. The van der Waals surface area contributed by atoms with Crippen LogP contribution in [0.4, 0.5) is 0 Å². The monoisotopic (exact) mass is 258 g/mol. The average Bonchev–Trinajstić information content (AvgIpc) is 2.15.